The summed E-state index contributed by atoms with van der Waals surface area (Å²) < 4.78 is 98.6. The Morgan fingerprint density at radius 1 is 0.543 bits per heavy atom. The number of nitriles is 2. The summed E-state index contributed by atoms with van der Waals surface area (Å²) in [5.41, 5.74) is 11.2. The monoisotopic (exact) mass is 1510 g/mol. The fourth-order valence-electron chi connectivity index (χ4n) is 11.0. The number of alkyl halides is 3. The third-order valence-electron chi connectivity index (χ3n) is 17.0. The van der Waals surface area contributed by atoms with Gasteiger partial charge < -0.3 is 54.7 Å². The fourth-order valence-corrected chi connectivity index (χ4v) is 12.3. The van der Waals surface area contributed by atoms with Crippen LogP contribution in [0.3, 0.4) is 0 Å². The number of hydrogen-bond donors (Lipinski definition) is 5. The Morgan fingerprint density at radius 2 is 0.867 bits per heavy atom. The topological polar surface area (TPSA) is 326 Å². The molecule has 554 valence electrons. The molecule has 3 aliphatic rings. The van der Waals surface area contributed by atoms with Gasteiger partial charge in [0.15, 0.2) is 0 Å². The minimum Gasteiger partial charge on any atom is -0.475 e. The molecule has 9 rings (SSSR count). The number of ketones is 5. The summed E-state index contributed by atoms with van der Waals surface area (Å²) >= 11 is 0. The van der Waals surface area contributed by atoms with E-state index in [4.69, 9.17) is 42.0 Å². The summed E-state index contributed by atoms with van der Waals surface area (Å²) in [6.07, 6.45) is 0.394. The van der Waals surface area contributed by atoms with Gasteiger partial charge in [0.1, 0.15) is 68.4 Å². The number of hydrogen-bond acceptors (Lipinski definition) is 15. The Balaban J connectivity index is 0.000000264. The van der Waals surface area contributed by atoms with Gasteiger partial charge in [0.25, 0.3) is 23.5 Å². The molecule has 3 aromatic heterocycles. The third-order valence-corrected chi connectivity index (χ3v) is 18.7. The molecule has 6 N–H and O–H groups in total. The average molecular weight is 1510 g/mol. The van der Waals surface area contributed by atoms with Gasteiger partial charge in [0.2, 0.25) is 23.1 Å². The predicted octanol–water partition coefficient (Wildman–Crippen LogP) is 11.0. The molecule has 6 aromatic rings. The third kappa shape index (κ3) is 20.1. The molecule has 31 heteroatoms. The summed E-state index contributed by atoms with van der Waals surface area (Å²) in [7, 11) is 1.72. The van der Waals surface area contributed by atoms with Crippen molar-refractivity contribution in [3.05, 3.63) is 156 Å². The number of nitrogens with zero attached hydrogens (tertiary/aromatic N) is 5. The number of carboxylic acids is 1. The number of rotatable bonds is 16. The molecule has 22 nitrogen and oxygen atoms in total. The molecule has 0 aliphatic carbocycles. The number of aromatic nitrogens is 3. The van der Waals surface area contributed by atoms with E-state index in [1.165, 1.54) is 54.3 Å². The van der Waals surface area contributed by atoms with Crippen molar-refractivity contribution in [3.8, 4) is 47.4 Å². The maximum atomic E-state index is 13.6. The number of terminal acetylenes is 1. The first-order valence-corrected chi connectivity index (χ1v) is 38.9. The van der Waals surface area contributed by atoms with Crippen LogP contribution in [0.5, 0.6) is 0 Å². The Kier molecular flexibility index (Phi) is 27.2. The van der Waals surface area contributed by atoms with Gasteiger partial charge >= 0.3 is 12.1 Å². The van der Waals surface area contributed by atoms with Crippen molar-refractivity contribution in [2.45, 2.75) is 105 Å². The van der Waals surface area contributed by atoms with E-state index in [1.807, 2.05) is 0 Å². The van der Waals surface area contributed by atoms with E-state index < -0.39 is 109 Å². The van der Waals surface area contributed by atoms with Gasteiger partial charge in [-0.25, -0.2) is 18.0 Å². The molecule has 105 heavy (non-hydrogen) atoms. The van der Waals surface area contributed by atoms with Gasteiger partial charge in [-0.3, -0.25) is 38.4 Å². The number of Topliss-reactive ketones (excluding diaryl/α,β-unsaturated/α-hetero) is 5. The van der Waals surface area contributed by atoms with Crippen molar-refractivity contribution in [2.75, 3.05) is 55.6 Å². The Hall–Kier alpha value is -10.5. The van der Waals surface area contributed by atoms with E-state index >= 15 is 0 Å². The van der Waals surface area contributed by atoms with Gasteiger partial charge in [-0.2, -0.15) is 23.7 Å². The van der Waals surface area contributed by atoms with Crippen LogP contribution in [0.15, 0.2) is 54.6 Å². The summed E-state index contributed by atoms with van der Waals surface area (Å²) in [5, 5.41) is 34.3. The van der Waals surface area contributed by atoms with Crippen molar-refractivity contribution < 1.29 is 88.8 Å². The number of aliphatic carboxylic acids is 1. The fraction of sp³-hybridized carbons (Fsp3) is 0.365. The number of benzene rings is 3. The first-order chi connectivity index (χ1) is 48.2. The molecule has 3 amide bonds. The van der Waals surface area contributed by atoms with Crippen LogP contribution >= 0.6 is 12.4 Å². The van der Waals surface area contributed by atoms with E-state index in [2.05, 4.69) is 84.1 Å². The van der Waals surface area contributed by atoms with Crippen molar-refractivity contribution in [3.63, 3.8) is 0 Å². The molecule has 3 aliphatic heterocycles. The zero-order valence-electron chi connectivity index (χ0n) is 60.3. The minimum absolute atomic E-state index is 0. The maximum absolute atomic E-state index is 13.6. The number of carboxylic acid groups (broad SMARTS) is 1. The summed E-state index contributed by atoms with van der Waals surface area (Å²) in [6.45, 7) is 24.5. The number of ether oxygens (including phenoxy) is 3. The number of carbonyl (C=O) groups excluding carboxylic acids is 8. The highest BCUT2D eigenvalue weighted by molar-refractivity contribution is 6.84. The van der Waals surface area contributed by atoms with Crippen LogP contribution in [0.25, 0.3) is 0 Å². The van der Waals surface area contributed by atoms with Crippen molar-refractivity contribution in [1.82, 2.24) is 13.7 Å². The Labute approximate surface area is 610 Å². The van der Waals surface area contributed by atoms with E-state index in [0.29, 0.717) is 61.1 Å². The quantitative estimate of drug-likeness (QED) is 0.0198. The molecular weight excluding hydrogens is 1430 g/mol. The number of nitrogens with two attached hydrogens (primary N) is 1. The highest BCUT2D eigenvalue weighted by atomic mass is 35.5. The highest BCUT2D eigenvalue weighted by Gasteiger charge is 2.44. The van der Waals surface area contributed by atoms with Crippen molar-refractivity contribution in [1.29, 1.82) is 10.5 Å². The molecular formula is C74H78ClF6N9O13Si2. The lowest BCUT2D eigenvalue weighted by Gasteiger charge is -2.36. The summed E-state index contributed by atoms with van der Waals surface area (Å²) in [4.78, 5) is 113. The summed E-state index contributed by atoms with van der Waals surface area (Å²) in [5.74, 6) is -1.48. The van der Waals surface area contributed by atoms with Gasteiger partial charge in [0.05, 0.1) is 83.9 Å². The zero-order chi connectivity index (χ0) is 78.3. The average Bonchev–Trinajstić information content (AvgIpc) is 1.63. The lowest BCUT2D eigenvalue weighted by molar-refractivity contribution is -0.140. The molecule has 6 heterocycles. The molecule has 0 saturated carbocycles. The van der Waals surface area contributed by atoms with Gasteiger partial charge in [-0.15, -0.1) is 29.9 Å². The normalized spacial score (nSPS) is 14.1. The number of nitrogens with one attached hydrogen (secondary N) is 3. The number of amides is 3. The Bertz CT molecular complexity index is 4810. The van der Waals surface area contributed by atoms with E-state index in [9.17, 15) is 69.5 Å². The highest BCUT2D eigenvalue weighted by Crippen LogP contribution is 2.37. The number of carbonyl (C=O) groups is 9. The lowest BCUT2D eigenvalue weighted by Crippen LogP contribution is -2.56. The molecule has 3 fully saturated rings. The SMILES string of the molecule is C#CC1(CC(=O)C(=O)c2c(C)c(C(=O)Nc3ccc(F)c(C#N)c3)n(C)c2C)COC1.C[Si](C)(C)C#CC1(N)COC1.Cc1c(C(=O)C(=O)CC2(C#C[Si](C)(C)C)COC2)c(C)n(C)c1C(=O)Nc1ccc(F)c(C#N)c1.Cc1c(C(=O)C(=O)O)c(C)n(C)c1C(=O)Nc1ccc(F)c(C(F)(F)F)c1.Cl. The lowest BCUT2D eigenvalue weighted by atomic mass is 9.80. The number of anilines is 3. The predicted molar refractivity (Wildman–Crippen MR) is 385 cm³/mol. The maximum Gasteiger partial charge on any atom is 0.419 e. The molecule has 0 atom stereocenters. The van der Waals surface area contributed by atoms with E-state index in [0.717, 1.165) is 18.2 Å². The van der Waals surface area contributed by atoms with Gasteiger partial charge in [-0.1, -0.05) is 57.0 Å². The van der Waals surface area contributed by atoms with Crippen LogP contribution in [0.4, 0.5) is 43.4 Å². The molecule has 3 aromatic carbocycles. The second kappa shape index (κ2) is 33.5. The van der Waals surface area contributed by atoms with Crippen LogP contribution < -0.4 is 21.7 Å². The van der Waals surface area contributed by atoms with Crippen molar-refractivity contribution >= 4 is 98.2 Å². The van der Waals surface area contributed by atoms with Gasteiger partial charge in [-0.05, 0) is 113 Å². The van der Waals surface area contributed by atoms with E-state index in [-0.39, 0.29) is 117 Å². The first kappa shape index (κ1) is 85.2. The molecule has 3 saturated heterocycles. The van der Waals surface area contributed by atoms with Crippen LogP contribution in [0.1, 0.15) is 126 Å². The van der Waals surface area contributed by atoms with Gasteiger partial charge in [0, 0.05) is 68.1 Å². The van der Waals surface area contributed by atoms with Crippen molar-refractivity contribution in [2.24, 2.45) is 37.7 Å². The first-order valence-electron chi connectivity index (χ1n) is 31.9. The molecule has 0 radical (unpaired) electrons. The number of halogens is 7. The standard InChI is InChI=1S/C26H28FN3O4Si.C23H20FN3O4.C17H14F4N2O4.C8H15NOSi.ClH/c1-16-22(24(32)21(31)12-26(14-34-15-26)9-10-35(4,5)6)17(2)30(3)23(16)25(33)29-19-7-8-20(27)18(11-19)13-28;1-5-23(11-31-12-23)9-18(28)21(29)19-13(2)20(27(4)14(19)3)22(30)26-16-6-7-17(24)15(8-16)10-25;1-7-12(14(24)16(26)27)8(2)23(3)13(7)15(25)22-9-4-5-11(18)10(6-9)17(19,20)21;1-11(2,3)5-4-8(9)6-10-7-8;/h7-8,11H,12,14-15H2,1-6H3,(H,29,33);1,6-8H,9,11-12H2,2-4H3,(H,26,30);4-6H,1-3H3,(H,22,25)(H,26,27);6-7,9H2,1-3H3;1H. The summed E-state index contributed by atoms with van der Waals surface area (Å²) in [6, 6.07) is 12.7. The van der Waals surface area contributed by atoms with E-state index in [1.54, 1.807) is 58.5 Å². The van der Waals surface area contributed by atoms with Crippen LogP contribution in [0, 0.1) is 128 Å². The van der Waals surface area contributed by atoms with Crippen LogP contribution in [-0.4, -0.2) is 133 Å². The minimum atomic E-state index is -4.94. The second-order valence-corrected chi connectivity index (χ2v) is 37.0. The Morgan fingerprint density at radius 3 is 1.16 bits per heavy atom. The molecule has 0 unspecified atom stereocenters. The second-order valence-electron chi connectivity index (χ2n) is 27.5. The smallest absolute Gasteiger partial charge is 0.419 e. The largest absolute Gasteiger partial charge is 0.475 e. The molecule has 0 bridgehead atoms. The van der Waals surface area contributed by atoms with Crippen LogP contribution in [0.2, 0.25) is 39.3 Å². The molecule has 0 spiro atoms. The van der Waals surface area contributed by atoms with Crippen LogP contribution in [-0.2, 0) is 55.9 Å². The zero-order valence-corrected chi connectivity index (χ0v) is 63.1.